The van der Waals surface area contributed by atoms with Gasteiger partial charge in [-0.2, -0.15) is 0 Å². The van der Waals surface area contributed by atoms with Crippen LogP contribution >= 0.6 is 0 Å². The highest BCUT2D eigenvalue weighted by atomic mass is 16.5. The zero-order valence-corrected chi connectivity index (χ0v) is 24.4. The van der Waals surface area contributed by atoms with Crippen LogP contribution in [0.15, 0.2) is 40.8 Å². The molecule has 0 spiro atoms. The summed E-state index contributed by atoms with van der Waals surface area (Å²) in [7, 11) is 0. The molecule has 1 fully saturated rings. The van der Waals surface area contributed by atoms with Crippen molar-refractivity contribution in [1.29, 1.82) is 0 Å². The highest BCUT2D eigenvalue weighted by molar-refractivity contribution is 5.92. The Kier molecular flexibility index (Phi) is 13.5. The van der Waals surface area contributed by atoms with Crippen LogP contribution in [-0.2, 0) is 19.1 Å². The molecular weight excluding hydrogens is 544 g/mol. The Labute approximate surface area is 246 Å². The predicted octanol–water partition coefficient (Wildman–Crippen LogP) is 3.06. The number of carbonyl (C=O) groups is 4. The smallest absolute Gasteiger partial charge is 0.338 e. The summed E-state index contributed by atoms with van der Waals surface area (Å²) in [5, 5.41) is 15.8. The number of ether oxygens (including phenoxy) is 2. The van der Waals surface area contributed by atoms with Crippen molar-refractivity contribution < 1.29 is 38.3 Å². The molecule has 3 N–H and O–H groups in total. The van der Waals surface area contributed by atoms with Crippen molar-refractivity contribution in [3.05, 3.63) is 47.7 Å². The lowest BCUT2D eigenvalue weighted by molar-refractivity contribution is -0.168. The highest BCUT2D eigenvalue weighted by Crippen LogP contribution is 2.23. The van der Waals surface area contributed by atoms with Gasteiger partial charge < -0.3 is 24.5 Å². The number of rotatable bonds is 17. The molecule has 0 aliphatic carbocycles. The van der Waals surface area contributed by atoms with E-state index in [-0.39, 0.29) is 18.3 Å². The molecule has 0 bridgehead atoms. The van der Waals surface area contributed by atoms with Crippen LogP contribution in [0.25, 0.3) is 11.3 Å². The summed E-state index contributed by atoms with van der Waals surface area (Å²) >= 11 is 0. The van der Waals surface area contributed by atoms with Gasteiger partial charge in [0.25, 0.3) is 5.91 Å². The first-order chi connectivity index (χ1) is 20.4. The first kappa shape index (κ1) is 32.8. The highest BCUT2D eigenvalue weighted by Gasteiger charge is 2.30. The Balaban J connectivity index is 1.49. The number of unbranched alkanes of at least 4 members (excludes halogenated alkanes) is 2. The Morgan fingerprint density at radius 1 is 1.07 bits per heavy atom. The molecule has 1 aliphatic heterocycles. The largest absolute Gasteiger partial charge is 0.461 e. The number of nitrogens with zero attached hydrogens (tertiary/aromatic N) is 2. The topological polar surface area (TPSA) is 151 Å². The lowest BCUT2D eigenvalue weighted by atomic mass is 9.90. The zero-order chi connectivity index (χ0) is 30.3. The fraction of sp³-hybridized carbons (Fsp3) is 0.533. The fourth-order valence-electron chi connectivity index (χ4n) is 4.84. The van der Waals surface area contributed by atoms with Crippen LogP contribution < -0.4 is 10.6 Å². The summed E-state index contributed by atoms with van der Waals surface area (Å²) in [6, 6.07) is 9.22. The number of esters is 1. The summed E-state index contributed by atoms with van der Waals surface area (Å²) in [4.78, 5) is 51.2. The van der Waals surface area contributed by atoms with E-state index in [1.165, 1.54) is 6.07 Å². The van der Waals surface area contributed by atoms with Crippen molar-refractivity contribution in [3.8, 4) is 11.3 Å². The number of hydroxylamine groups is 2. The summed E-state index contributed by atoms with van der Waals surface area (Å²) in [6.45, 7) is 7.69. The van der Waals surface area contributed by atoms with Crippen LogP contribution in [-0.4, -0.2) is 91.5 Å². The first-order valence-corrected chi connectivity index (χ1v) is 14.5. The molecule has 0 saturated carbocycles. The SMILES string of the molecule is CCCCCC(C(=O)NCNC(=O)c1ccc(-c2ccc(C(=O)OCCN3CCOCC3)cc2)o1)[C@@H](CC)N(O)C=O. The molecule has 2 atom stereocenters. The molecule has 3 amide bonds. The second kappa shape index (κ2) is 17.3. The Morgan fingerprint density at radius 2 is 1.81 bits per heavy atom. The van der Waals surface area contributed by atoms with E-state index in [0.29, 0.717) is 67.6 Å². The molecule has 1 unspecified atom stereocenters. The number of morpholine rings is 1. The molecule has 230 valence electrons. The van der Waals surface area contributed by atoms with Crippen LogP contribution in [0.4, 0.5) is 0 Å². The second-order valence-electron chi connectivity index (χ2n) is 10.1. The summed E-state index contributed by atoms with van der Waals surface area (Å²) in [6.07, 6.45) is 3.87. The predicted molar refractivity (Wildman–Crippen MR) is 154 cm³/mol. The molecule has 2 heterocycles. The van der Waals surface area contributed by atoms with Crippen LogP contribution in [0, 0.1) is 5.92 Å². The van der Waals surface area contributed by atoms with Gasteiger partial charge in [-0.15, -0.1) is 0 Å². The van der Waals surface area contributed by atoms with Crippen molar-refractivity contribution in [2.45, 2.75) is 52.0 Å². The van der Waals surface area contributed by atoms with E-state index >= 15 is 0 Å². The quantitative estimate of drug-likeness (QED) is 0.0634. The van der Waals surface area contributed by atoms with Crippen LogP contribution in [0.3, 0.4) is 0 Å². The molecule has 1 aromatic heterocycles. The minimum atomic E-state index is -0.661. The minimum Gasteiger partial charge on any atom is -0.461 e. The maximum atomic E-state index is 12.9. The van der Waals surface area contributed by atoms with Crippen LogP contribution in [0.5, 0.6) is 0 Å². The third-order valence-electron chi connectivity index (χ3n) is 7.28. The molecule has 2 aromatic rings. The van der Waals surface area contributed by atoms with Gasteiger partial charge in [-0.3, -0.25) is 24.5 Å². The van der Waals surface area contributed by atoms with Crippen molar-refractivity contribution in [3.63, 3.8) is 0 Å². The third-order valence-corrected chi connectivity index (χ3v) is 7.28. The van der Waals surface area contributed by atoms with E-state index in [0.717, 1.165) is 32.4 Å². The number of benzene rings is 1. The number of carbonyl (C=O) groups excluding carboxylic acids is 4. The van der Waals surface area contributed by atoms with Gasteiger partial charge >= 0.3 is 5.97 Å². The van der Waals surface area contributed by atoms with Gasteiger partial charge in [0.2, 0.25) is 12.3 Å². The van der Waals surface area contributed by atoms with Crippen molar-refractivity contribution in [2.75, 3.05) is 46.1 Å². The molecule has 42 heavy (non-hydrogen) atoms. The molecule has 3 rings (SSSR count). The maximum absolute atomic E-state index is 12.9. The Morgan fingerprint density at radius 3 is 2.48 bits per heavy atom. The van der Waals surface area contributed by atoms with E-state index in [2.05, 4.69) is 15.5 Å². The van der Waals surface area contributed by atoms with Gasteiger partial charge in [-0.1, -0.05) is 45.2 Å². The molecule has 1 aromatic carbocycles. The van der Waals surface area contributed by atoms with E-state index < -0.39 is 23.8 Å². The first-order valence-electron chi connectivity index (χ1n) is 14.5. The average Bonchev–Trinajstić information content (AvgIpc) is 3.51. The van der Waals surface area contributed by atoms with E-state index in [9.17, 15) is 24.4 Å². The van der Waals surface area contributed by atoms with Crippen molar-refractivity contribution in [1.82, 2.24) is 20.6 Å². The normalized spacial score (nSPS) is 14.9. The lowest BCUT2D eigenvalue weighted by Crippen LogP contribution is -2.47. The van der Waals surface area contributed by atoms with Gasteiger partial charge in [0.05, 0.1) is 37.4 Å². The molecule has 12 heteroatoms. The van der Waals surface area contributed by atoms with Crippen LogP contribution in [0.2, 0.25) is 0 Å². The number of hydrogen-bond acceptors (Lipinski definition) is 9. The molecule has 1 aliphatic rings. The standard InChI is InChI=1S/C30H42N4O8/c1-3-5-6-7-24(25(4-2)34(39)21-35)28(36)31-20-32-29(37)27-13-12-26(42-27)22-8-10-23(11-9-22)30(38)41-19-16-33-14-17-40-18-15-33/h8-13,21,24-25,39H,3-7,14-20H2,1-2H3,(H,31,36)(H,32,37)/t24?,25-/m1/s1. The van der Waals surface area contributed by atoms with Gasteiger partial charge in [-0.25, -0.2) is 9.86 Å². The molecular formula is C30H42N4O8. The van der Waals surface area contributed by atoms with Crippen molar-refractivity contribution in [2.24, 2.45) is 5.92 Å². The molecule has 1 saturated heterocycles. The monoisotopic (exact) mass is 586 g/mol. The van der Waals surface area contributed by atoms with Crippen molar-refractivity contribution >= 4 is 24.2 Å². The molecule has 12 nitrogen and oxygen atoms in total. The zero-order valence-electron chi connectivity index (χ0n) is 24.4. The minimum absolute atomic E-state index is 0.0549. The Bertz CT molecular complexity index is 1150. The van der Waals surface area contributed by atoms with Gasteiger partial charge in [0.15, 0.2) is 5.76 Å². The fourth-order valence-corrected chi connectivity index (χ4v) is 4.84. The van der Waals surface area contributed by atoms with E-state index in [4.69, 9.17) is 13.9 Å². The maximum Gasteiger partial charge on any atom is 0.338 e. The number of amides is 3. The third kappa shape index (κ3) is 9.68. The average molecular weight is 587 g/mol. The second-order valence-corrected chi connectivity index (χ2v) is 10.1. The number of nitrogens with one attached hydrogen (secondary N) is 2. The Hall–Kier alpha value is -3.74. The summed E-state index contributed by atoms with van der Waals surface area (Å²) in [5.74, 6) is -1.41. The van der Waals surface area contributed by atoms with Gasteiger partial charge in [0.1, 0.15) is 12.4 Å². The van der Waals surface area contributed by atoms with E-state index in [1.54, 1.807) is 37.3 Å². The van der Waals surface area contributed by atoms with Gasteiger partial charge in [-0.05, 0) is 37.1 Å². The lowest BCUT2D eigenvalue weighted by Gasteiger charge is -2.29. The molecule has 0 radical (unpaired) electrons. The number of furan rings is 1. The summed E-state index contributed by atoms with van der Waals surface area (Å²) in [5.41, 5.74) is 1.09. The number of hydrogen-bond donors (Lipinski definition) is 3. The van der Waals surface area contributed by atoms with Crippen LogP contribution in [0.1, 0.15) is 66.9 Å². The van der Waals surface area contributed by atoms with Gasteiger partial charge in [0, 0.05) is 25.2 Å². The summed E-state index contributed by atoms with van der Waals surface area (Å²) < 4.78 is 16.4. The van der Waals surface area contributed by atoms with E-state index in [1.807, 2.05) is 6.92 Å².